The van der Waals surface area contributed by atoms with Crippen LogP contribution in [0.1, 0.15) is 0 Å². The highest BCUT2D eigenvalue weighted by Crippen LogP contribution is 2.26. The smallest absolute Gasteiger partial charge is 0.206 e. The molecule has 0 amide bonds. The molecule has 1 heterocycles. The summed E-state index contributed by atoms with van der Waals surface area (Å²) in [6, 6.07) is 8.11. The van der Waals surface area contributed by atoms with E-state index in [-0.39, 0.29) is 11.6 Å². The summed E-state index contributed by atoms with van der Waals surface area (Å²) in [5.41, 5.74) is 6.39. The van der Waals surface area contributed by atoms with Gasteiger partial charge in [0.25, 0.3) is 0 Å². The fourth-order valence-electron chi connectivity index (χ4n) is 2.00. The van der Waals surface area contributed by atoms with Crippen molar-refractivity contribution in [3.8, 4) is 5.69 Å². The molecule has 0 atom stereocenters. The molecular weight excluding hydrogens is 255 g/mol. The third kappa shape index (κ3) is 1.72. The zero-order valence-electron chi connectivity index (χ0n) is 9.57. The highest BCUT2D eigenvalue weighted by Gasteiger charge is 2.17. The molecule has 0 unspecified atom stereocenters. The predicted octanol–water partition coefficient (Wildman–Crippen LogP) is 3.03. The van der Waals surface area contributed by atoms with Gasteiger partial charge in [-0.05, 0) is 12.1 Å². The van der Waals surface area contributed by atoms with E-state index < -0.39 is 17.5 Å². The molecule has 3 rings (SSSR count). The Balaban J connectivity index is 2.39. The summed E-state index contributed by atoms with van der Waals surface area (Å²) in [6.07, 6.45) is 0. The topological polar surface area (TPSA) is 43.8 Å². The predicted molar refractivity (Wildman–Crippen MR) is 65.4 cm³/mol. The van der Waals surface area contributed by atoms with Gasteiger partial charge in [-0.1, -0.05) is 12.1 Å². The van der Waals surface area contributed by atoms with Gasteiger partial charge in [-0.15, -0.1) is 0 Å². The van der Waals surface area contributed by atoms with E-state index >= 15 is 0 Å². The first-order valence-corrected chi connectivity index (χ1v) is 5.46. The fraction of sp³-hybridized carbons (Fsp3) is 0. The second kappa shape index (κ2) is 4.01. The van der Waals surface area contributed by atoms with Gasteiger partial charge < -0.3 is 5.73 Å². The lowest BCUT2D eigenvalue weighted by Gasteiger charge is -2.08. The zero-order chi connectivity index (χ0) is 13.6. The molecular formula is C13H8F3N3. The number of nitrogens with zero attached hydrogens (tertiary/aromatic N) is 2. The molecule has 2 N–H and O–H groups in total. The summed E-state index contributed by atoms with van der Waals surface area (Å²) in [4.78, 5) is 4.02. The number of hydrogen-bond donors (Lipinski definition) is 1. The van der Waals surface area contributed by atoms with Crippen LogP contribution >= 0.6 is 0 Å². The number of rotatable bonds is 1. The molecule has 0 radical (unpaired) electrons. The Morgan fingerprint density at radius 1 is 1.05 bits per heavy atom. The fourth-order valence-corrected chi connectivity index (χ4v) is 2.00. The normalized spacial score (nSPS) is 11.1. The Morgan fingerprint density at radius 2 is 1.79 bits per heavy atom. The van der Waals surface area contributed by atoms with Gasteiger partial charge in [-0.2, -0.15) is 0 Å². The van der Waals surface area contributed by atoms with E-state index in [0.717, 1.165) is 6.07 Å². The molecule has 1 aromatic heterocycles. The summed E-state index contributed by atoms with van der Waals surface area (Å²) in [5, 5.41) is 0. The summed E-state index contributed by atoms with van der Waals surface area (Å²) in [7, 11) is 0. The number of nitrogens with two attached hydrogens (primary N) is 1. The van der Waals surface area contributed by atoms with Crippen LogP contribution in [0.15, 0.2) is 36.4 Å². The van der Waals surface area contributed by atoms with Crippen LogP contribution in [0.25, 0.3) is 16.7 Å². The van der Waals surface area contributed by atoms with Crippen LogP contribution in [0.4, 0.5) is 19.1 Å². The largest absolute Gasteiger partial charge is 0.369 e. The molecule has 0 bridgehead atoms. The van der Waals surface area contributed by atoms with Crippen LogP contribution in [0, 0.1) is 17.5 Å². The van der Waals surface area contributed by atoms with E-state index in [4.69, 9.17) is 5.73 Å². The number of nitrogen functional groups attached to an aromatic ring is 1. The summed E-state index contributed by atoms with van der Waals surface area (Å²) < 4.78 is 41.5. The van der Waals surface area contributed by atoms with Crippen molar-refractivity contribution < 1.29 is 13.2 Å². The molecule has 3 aromatic rings. The van der Waals surface area contributed by atoms with Crippen LogP contribution in [0.3, 0.4) is 0 Å². The van der Waals surface area contributed by atoms with E-state index in [9.17, 15) is 13.2 Å². The zero-order valence-corrected chi connectivity index (χ0v) is 9.57. The van der Waals surface area contributed by atoms with Gasteiger partial charge in [0.1, 0.15) is 5.82 Å². The molecule has 6 heteroatoms. The van der Waals surface area contributed by atoms with Gasteiger partial charge in [0, 0.05) is 12.1 Å². The van der Waals surface area contributed by atoms with E-state index in [0.29, 0.717) is 17.1 Å². The maximum atomic E-state index is 13.8. The average molecular weight is 263 g/mol. The maximum absolute atomic E-state index is 13.8. The first kappa shape index (κ1) is 11.6. The third-order valence-electron chi connectivity index (χ3n) is 2.80. The van der Waals surface area contributed by atoms with E-state index in [1.807, 2.05) is 0 Å². The number of anilines is 1. The highest BCUT2D eigenvalue weighted by atomic mass is 19.2. The molecule has 0 saturated carbocycles. The van der Waals surface area contributed by atoms with Crippen molar-refractivity contribution in [1.82, 2.24) is 9.55 Å². The Bertz CT molecular complexity index is 780. The maximum Gasteiger partial charge on any atom is 0.206 e. The van der Waals surface area contributed by atoms with Crippen LogP contribution in [-0.4, -0.2) is 9.55 Å². The van der Waals surface area contributed by atoms with Gasteiger partial charge >= 0.3 is 0 Å². The summed E-state index contributed by atoms with van der Waals surface area (Å²) >= 11 is 0. The Morgan fingerprint density at radius 3 is 2.58 bits per heavy atom. The molecule has 0 aliphatic heterocycles. The molecule has 19 heavy (non-hydrogen) atoms. The van der Waals surface area contributed by atoms with Crippen LogP contribution < -0.4 is 5.73 Å². The Kier molecular flexibility index (Phi) is 2.45. The molecule has 0 aliphatic carbocycles. The first-order valence-electron chi connectivity index (χ1n) is 5.46. The Hall–Kier alpha value is -2.50. The third-order valence-corrected chi connectivity index (χ3v) is 2.80. The van der Waals surface area contributed by atoms with Crippen molar-refractivity contribution in [3.63, 3.8) is 0 Å². The number of benzene rings is 2. The molecule has 0 aliphatic rings. The van der Waals surface area contributed by atoms with Crippen molar-refractivity contribution in [2.75, 3.05) is 5.73 Å². The summed E-state index contributed by atoms with van der Waals surface area (Å²) in [5.74, 6) is -3.36. The quantitative estimate of drug-likeness (QED) is 0.686. The monoisotopic (exact) mass is 263 g/mol. The number of imidazole rings is 1. The number of hydrogen-bond acceptors (Lipinski definition) is 2. The van der Waals surface area contributed by atoms with Crippen molar-refractivity contribution >= 4 is 17.0 Å². The number of para-hydroxylation sites is 2. The van der Waals surface area contributed by atoms with Crippen molar-refractivity contribution in [2.24, 2.45) is 0 Å². The second-order valence-corrected chi connectivity index (χ2v) is 4.01. The van der Waals surface area contributed by atoms with E-state index in [1.54, 1.807) is 24.3 Å². The van der Waals surface area contributed by atoms with Gasteiger partial charge in [-0.3, -0.25) is 4.57 Å². The van der Waals surface area contributed by atoms with E-state index in [1.165, 1.54) is 4.57 Å². The SMILES string of the molecule is Nc1nc2ccccc2n1-c1cc(F)cc(F)c1F. The lowest BCUT2D eigenvalue weighted by Crippen LogP contribution is -2.05. The number of fused-ring (bicyclic) bond motifs is 1. The molecule has 3 nitrogen and oxygen atoms in total. The Labute approximate surface area is 106 Å². The number of aromatic nitrogens is 2. The average Bonchev–Trinajstić information content (AvgIpc) is 2.70. The van der Waals surface area contributed by atoms with Gasteiger partial charge in [0.05, 0.1) is 16.7 Å². The number of halogens is 3. The molecule has 0 fully saturated rings. The molecule has 2 aromatic carbocycles. The van der Waals surface area contributed by atoms with Crippen LogP contribution in [0.2, 0.25) is 0 Å². The minimum atomic E-state index is -1.27. The van der Waals surface area contributed by atoms with Gasteiger partial charge in [-0.25, -0.2) is 18.2 Å². The lowest BCUT2D eigenvalue weighted by molar-refractivity contribution is 0.491. The van der Waals surface area contributed by atoms with E-state index in [2.05, 4.69) is 4.98 Å². The minimum absolute atomic E-state index is 0.0369. The van der Waals surface area contributed by atoms with Gasteiger partial charge in [0.15, 0.2) is 11.6 Å². The second-order valence-electron chi connectivity index (χ2n) is 4.01. The summed E-state index contributed by atoms with van der Waals surface area (Å²) in [6.45, 7) is 0. The minimum Gasteiger partial charge on any atom is -0.369 e. The first-order chi connectivity index (χ1) is 9.08. The molecule has 0 saturated heterocycles. The highest BCUT2D eigenvalue weighted by molar-refractivity contribution is 5.80. The van der Waals surface area contributed by atoms with Crippen LogP contribution in [0.5, 0.6) is 0 Å². The molecule has 96 valence electrons. The van der Waals surface area contributed by atoms with Crippen molar-refractivity contribution in [2.45, 2.75) is 0 Å². The molecule has 0 spiro atoms. The lowest BCUT2D eigenvalue weighted by atomic mass is 10.2. The van der Waals surface area contributed by atoms with Crippen molar-refractivity contribution in [3.05, 3.63) is 53.8 Å². The standard InChI is InChI=1S/C13H8F3N3/c14-7-5-8(15)12(16)11(6-7)19-10-4-2-1-3-9(10)18-13(19)17/h1-6H,(H2,17,18). The van der Waals surface area contributed by atoms with Crippen LogP contribution in [-0.2, 0) is 0 Å². The van der Waals surface area contributed by atoms with Gasteiger partial charge in [0.2, 0.25) is 5.95 Å². The van der Waals surface area contributed by atoms with Crippen molar-refractivity contribution in [1.29, 1.82) is 0 Å².